The van der Waals surface area contributed by atoms with Gasteiger partial charge < -0.3 is 4.74 Å². The Morgan fingerprint density at radius 3 is 2.33 bits per heavy atom. The van der Waals surface area contributed by atoms with Gasteiger partial charge in [0, 0.05) is 11.4 Å². The van der Waals surface area contributed by atoms with Crippen LogP contribution in [0, 0.1) is 0 Å². The van der Waals surface area contributed by atoms with Crippen molar-refractivity contribution in [3.63, 3.8) is 0 Å². The zero-order valence-electron chi connectivity index (χ0n) is 11.7. The van der Waals surface area contributed by atoms with Crippen LogP contribution in [0.3, 0.4) is 0 Å². The highest BCUT2D eigenvalue weighted by molar-refractivity contribution is 7.98. The third-order valence-corrected chi connectivity index (χ3v) is 3.96. The molecule has 0 saturated carbocycles. The van der Waals surface area contributed by atoms with Crippen LogP contribution in [0.5, 0.6) is 0 Å². The van der Waals surface area contributed by atoms with Gasteiger partial charge in [-0.3, -0.25) is 9.69 Å². The molecule has 0 bridgehead atoms. The zero-order chi connectivity index (χ0) is 13.8. The predicted molar refractivity (Wildman–Crippen MR) is 75.8 cm³/mol. The number of rotatable bonds is 5. The van der Waals surface area contributed by atoms with Gasteiger partial charge in [0.1, 0.15) is 5.54 Å². The van der Waals surface area contributed by atoms with Crippen LogP contribution in [-0.2, 0) is 16.1 Å². The standard InChI is InChI=1S/C14H21NO2S/c1-14(2,13(16)17-4)15(3)10-11-6-8-12(18-5)9-7-11/h6-9H,10H2,1-5H3. The first kappa shape index (κ1) is 15.1. The van der Waals surface area contributed by atoms with Crippen LogP contribution in [0.15, 0.2) is 29.2 Å². The van der Waals surface area contributed by atoms with E-state index in [0.717, 1.165) is 6.54 Å². The minimum Gasteiger partial charge on any atom is -0.468 e. The van der Waals surface area contributed by atoms with Crippen molar-refractivity contribution in [1.82, 2.24) is 4.90 Å². The Morgan fingerprint density at radius 2 is 1.89 bits per heavy atom. The first-order chi connectivity index (χ1) is 8.41. The molecule has 0 aliphatic heterocycles. The fraction of sp³-hybridized carbons (Fsp3) is 0.500. The number of thioether (sulfide) groups is 1. The van der Waals surface area contributed by atoms with E-state index in [4.69, 9.17) is 4.74 Å². The Labute approximate surface area is 114 Å². The molecule has 4 heteroatoms. The van der Waals surface area contributed by atoms with Crippen LogP contribution < -0.4 is 0 Å². The first-order valence-corrected chi connectivity index (χ1v) is 7.07. The van der Waals surface area contributed by atoms with Gasteiger partial charge in [0.15, 0.2) is 0 Å². The minimum atomic E-state index is -0.618. The molecule has 100 valence electrons. The van der Waals surface area contributed by atoms with Gasteiger partial charge >= 0.3 is 5.97 Å². The van der Waals surface area contributed by atoms with Crippen LogP contribution in [0.25, 0.3) is 0 Å². The largest absolute Gasteiger partial charge is 0.468 e. The number of likely N-dealkylation sites (N-methyl/N-ethyl adjacent to an activating group) is 1. The van der Waals surface area contributed by atoms with Gasteiger partial charge in [-0.2, -0.15) is 0 Å². The van der Waals surface area contributed by atoms with E-state index in [1.54, 1.807) is 11.8 Å². The van der Waals surface area contributed by atoms with Crippen molar-refractivity contribution in [3.8, 4) is 0 Å². The van der Waals surface area contributed by atoms with Crippen LogP contribution in [0.4, 0.5) is 0 Å². The van der Waals surface area contributed by atoms with Gasteiger partial charge in [0.05, 0.1) is 7.11 Å². The van der Waals surface area contributed by atoms with E-state index in [0.29, 0.717) is 0 Å². The molecule has 0 spiro atoms. The summed E-state index contributed by atoms with van der Waals surface area (Å²) in [6.07, 6.45) is 2.06. The summed E-state index contributed by atoms with van der Waals surface area (Å²) in [4.78, 5) is 14.9. The van der Waals surface area contributed by atoms with Gasteiger partial charge in [-0.25, -0.2) is 0 Å². The van der Waals surface area contributed by atoms with Crippen LogP contribution in [-0.4, -0.2) is 36.8 Å². The molecule has 0 amide bonds. The van der Waals surface area contributed by atoms with Crippen molar-refractivity contribution in [1.29, 1.82) is 0 Å². The third kappa shape index (κ3) is 3.50. The lowest BCUT2D eigenvalue weighted by molar-refractivity contribution is -0.152. The highest BCUT2D eigenvalue weighted by Gasteiger charge is 2.33. The van der Waals surface area contributed by atoms with Crippen molar-refractivity contribution >= 4 is 17.7 Å². The molecule has 0 radical (unpaired) electrons. The number of carbonyl (C=O) groups excluding carboxylic acids is 1. The quantitative estimate of drug-likeness (QED) is 0.606. The predicted octanol–water partition coefficient (Wildman–Crippen LogP) is 2.79. The molecule has 3 nitrogen and oxygen atoms in total. The smallest absolute Gasteiger partial charge is 0.325 e. The van der Waals surface area contributed by atoms with Gasteiger partial charge in [0.25, 0.3) is 0 Å². The highest BCUT2D eigenvalue weighted by atomic mass is 32.2. The lowest BCUT2D eigenvalue weighted by Crippen LogP contribution is -2.48. The number of hydrogen-bond acceptors (Lipinski definition) is 4. The van der Waals surface area contributed by atoms with Crippen molar-refractivity contribution in [2.24, 2.45) is 0 Å². The summed E-state index contributed by atoms with van der Waals surface area (Å²) >= 11 is 1.72. The lowest BCUT2D eigenvalue weighted by Gasteiger charge is -2.32. The number of ether oxygens (including phenoxy) is 1. The van der Waals surface area contributed by atoms with Gasteiger partial charge in [0.2, 0.25) is 0 Å². The molecule has 1 aromatic rings. The average Bonchev–Trinajstić information content (AvgIpc) is 2.38. The second-order valence-corrected chi connectivity index (χ2v) is 5.63. The second kappa shape index (κ2) is 6.25. The van der Waals surface area contributed by atoms with Crippen molar-refractivity contribution in [2.45, 2.75) is 30.8 Å². The number of hydrogen-bond donors (Lipinski definition) is 0. The molecule has 0 saturated heterocycles. The summed E-state index contributed by atoms with van der Waals surface area (Å²) in [6.45, 7) is 4.46. The van der Waals surface area contributed by atoms with E-state index in [1.165, 1.54) is 17.6 Å². The summed E-state index contributed by atoms with van der Waals surface area (Å²) in [5.41, 5.74) is 0.569. The van der Waals surface area contributed by atoms with Crippen molar-refractivity contribution in [2.75, 3.05) is 20.4 Å². The molecular formula is C14H21NO2S. The van der Waals surface area contributed by atoms with Gasteiger partial charge in [-0.1, -0.05) is 12.1 Å². The molecule has 0 atom stereocenters. The Hall–Kier alpha value is -1.00. The van der Waals surface area contributed by atoms with Crippen molar-refractivity contribution < 1.29 is 9.53 Å². The number of nitrogens with zero attached hydrogens (tertiary/aromatic N) is 1. The van der Waals surface area contributed by atoms with E-state index in [2.05, 4.69) is 30.5 Å². The lowest BCUT2D eigenvalue weighted by atomic mass is 10.0. The van der Waals surface area contributed by atoms with E-state index < -0.39 is 5.54 Å². The highest BCUT2D eigenvalue weighted by Crippen LogP contribution is 2.19. The van der Waals surface area contributed by atoms with Crippen LogP contribution in [0.1, 0.15) is 19.4 Å². The van der Waals surface area contributed by atoms with Crippen LogP contribution >= 0.6 is 11.8 Å². The maximum absolute atomic E-state index is 11.7. The van der Waals surface area contributed by atoms with Crippen molar-refractivity contribution in [3.05, 3.63) is 29.8 Å². The summed E-state index contributed by atoms with van der Waals surface area (Å²) in [6, 6.07) is 8.38. The summed E-state index contributed by atoms with van der Waals surface area (Å²) < 4.78 is 4.83. The summed E-state index contributed by atoms with van der Waals surface area (Å²) in [5, 5.41) is 0. The molecule has 1 rings (SSSR count). The van der Waals surface area contributed by atoms with E-state index in [1.807, 2.05) is 25.8 Å². The van der Waals surface area contributed by atoms with E-state index >= 15 is 0 Å². The SMILES string of the molecule is COC(=O)C(C)(C)N(C)Cc1ccc(SC)cc1. The number of esters is 1. The Kier molecular flexibility index (Phi) is 5.23. The fourth-order valence-electron chi connectivity index (χ4n) is 1.61. The summed E-state index contributed by atoms with van der Waals surface area (Å²) in [7, 11) is 3.35. The Bertz CT molecular complexity index is 401. The summed E-state index contributed by atoms with van der Waals surface area (Å²) in [5.74, 6) is -0.217. The van der Waals surface area contributed by atoms with Gasteiger partial charge in [-0.15, -0.1) is 11.8 Å². The average molecular weight is 267 g/mol. The van der Waals surface area contributed by atoms with E-state index in [9.17, 15) is 4.79 Å². The second-order valence-electron chi connectivity index (χ2n) is 4.75. The minimum absolute atomic E-state index is 0.217. The van der Waals surface area contributed by atoms with E-state index in [-0.39, 0.29) is 5.97 Å². The molecule has 0 aliphatic rings. The number of carbonyl (C=O) groups is 1. The zero-order valence-corrected chi connectivity index (χ0v) is 12.5. The van der Waals surface area contributed by atoms with Gasteiger partial charge in [-0.05, 0) is 44.8 Å². The molecule has 0 fully saturated rings. The first-order valence-electron chi connectivity index (χ1n) is 5.84. The normalized spacial score (nSPS) is 11.7. The molecule has 0 aliphatic carbocycles. The molecule has 0 N–H and O–H groups in total. The molecule has 1 aromatic carbocycles. The third-order valence-electron chi connectivity index (χ3n) is 3.22. The molecular weight excluding hydrogens is 246 g/mol. The maximum Gasteiger partial charge on any atom is 0.325 e. The topological polar surface area (TPSA) is 29.5 Å². The fourth-order valence-corrected chi connectivity index (χ4v) is 2.02. The Morgan fingerprint density at radius 1 is 1.33 bits per heavy atom. The van der Waals surface area contributed by atoms with Crippen LogP contribution in [0.2, 0.25) is 0 Å². The number of methoxy groups -OCH3 is 1. The maximum atomic E-state index is 11.7. The molecule has 0 aromatic heterocycles. The molecule has 18 heavy (non-hydrogen) atoms. The number of benzene rings is 1. The molecule has 0 unspecified atom stereocenters. The molecule has 0 heterocycles. The Balaban J connectivity index is 2.74. The monoisotopic (exact) mass is 267 g/mol.